The summed E-state index contributed by atoms with van der Waals surface area (Å²) in [6, 6.07) is 13.1. The van der Waals surface area contributed by atoms with Gasteiger partial charge in [0.25, 0.3) is 5.69 Å². The molecule has 2 aliphatic heterocycles. The first-order valence-corrected chi connectivity index (χ1v) is 10.5. The van der Waals surface area contributed by atoms with Crippen molar-refractivity contribution in [2.75, 3.05) is 37.4 Å². The molecule has 2 aromatic carbocycles. The van der Waals surface area contributed by atoms with Crippen LogP contribution in [0.15, 0.2) is 42.5 Å². The molecule has 7 nitrogen and oxygen atoms in total. The highest BCUT2D eigenvalue weighted by Gasteiger charge is 2.36. The van der Waals surface area contributed by atoms with Crippen molar-refractivity contribution in [3.8, 4) is 0 Å². The van der Waals surface area contributed by atoms with Crippen LogP contribution in [0.5, 0.6) is 0 Å². The first-order valence-electron chi connectivity index (χ1n) is 10.5. The summed E-state index contributed by atoms with van der Waals surface area (Å²) in [6.45, 7) is 1.55. The van der Waals surface area contributed by atoms with Gasteiger partial charge in [-0.05, 0) is 55.0 Å². The van der Waals surface area contributed by atoms with E-state index in [2.05, 4.69) is 34.5 Å². The number of hydrogen-bond donors (Lipinski definition) is 1. The molecule has 2 heterocycles. The van der Waals surface area contributed by atoms with Crippen LogP contribution in [0.4, 0.5) is 17.1 Å². The quantitative estimate of drug-likeness (QED) is 0.602. The molecule has 2 atom stereocenters. The van der Waals surface area contributed by atoms with Crippen LogP contribution in [0.25, 0.3) is 0 Å². The number of hydrogen-bond acceptors (Lipinski definition) is 5. The fraction of sp³-hybridized carbons (Fsp3) is 0.435. The number of nitro groups is 1. The highest BCUT2D eigenvalue weighted by atomic mass is 16.6. The fourth-order valence-corrected chi connectivity index (χ4v) is 4.49. The number of fused-ring (bicyclic) bond motifs is 1. The average Bonchev–Trinajstić information content (AvgIpc) is 2.78. The predicted octanol–water partition coefficient (Wildman–Crippen LogP) is 4.31. The SMILES string of the molecule is CN(C)c1ccc(C2CC(C(=O)N3CCCCC3)c3cc([N+](=O)[O-])ccc3N2)cc1. The zero-order chi connectivity index (χ0) is 21.3. The molecule has 0 bridgehead atoms. The minimum atomic E-state index is -0.394. The lowest BCUT2D eigenvalue weighted by Gasteiger charge is -2.36. The molecule has 4 rings (SSSR count). The van der Waals surface area contributed by atoms with E-state index in [4.69, 9.17) is 0 Å². The molecule has 2 unspecified atom stereocenters. The number of non-ortho nitro benzene ring substituents is 1. The minimum Gasteiger partial charge on any atom is -0.378 e. The third-order valence-electron chi connectivity index (χ3n) is 6.20. The Morgan fingerprint density at radius 1 is 1.10 bits per heavy atom. The lowest BCUT2D eigenvalue weighted by atomic mass is 9.83. The number of rotatable bonds is 4. The molecule has 1 saturated heterocycles. The molecule has 158 valence electrons. The second-order valence-electron chi connectivity index (χ2n) is 8.39. The molecule has 0 aliphatic carbocycles. The average molecular weight is 409 g/mol. The Bertz CT molecular complexity index is 936. The van der Waals surface area contributed by atoms with Gasteiger partial charge in [0.2, 0.25) is 5.91 Å². The summed E-state index contributed by atoms with van der Waals surface area (Å²) < 4.78 is 0. The number of nitrogens with one attached hydrogen (secondary N) is 1. The number of amides is 1. The molecule has 1 amide bonds. The third-order valence-corrected chi connectivity index (χ3v) is 6.20. The number of carbonyl (C=O) groups is 1. The molecule has 30 heavy (non-hydrogen) atoms. The lowest BCUT2D eigenvalue weighted by Crippen LogP contribution is -2.40. The fourth-order valence-electron chi connectivity index (χ4n) is 4.49. The molecule has 0 radical (unpaired) electrons. The van der Waals surface area contributed by atoms with Gasteiger partial charge in [0.15, 0.2) is 0 Å². The molecular weight excluding hydrogens is 380 g/mol. The summed E-state index contributed by atoms with van der Waals surface area (Å²) in [6.07, 6.45) is 3.78. The van der Waals surface area contributed by atoms with Crippen LogP contribution in [-0.2, 0) is 4.79 Å². The Morgan fingerprint density at radius 2 is 1.80 bits per heavy atom. The van der Waals surface area contributed by atoms with Gasteiger partial charge in [-0.1, -0.05) is 12.1 Å². The predicted molar refractivity (Wildman–Crippen MR) is 118 cm³/mol. The largest absolute Gasteiger partial charge is 0.378 e. The second-order valence-corrected chi connectivity index (χ2v) is 8.39. The Morgan fingerprint density at radius 3 is 2.43 bits per heavy atom. The summed E-state index contributed by atoms with van der Waals surface area (Å²) in [4.78, 5) is 28.4. The van der Waals surface area contributed by atoms with Gasteiger partial charge in [-0.15, -0.1) is 0 Å². The van der Waals surface area contributed by atoms with Crippen LogP contribution in [0.3, 0.4) is 0 Å². The van der Waals surface area contributed by atoms with Crippen molar-refractivity contribution in [3.63, 3.8) is 0 Å². The summed E-state index contributed by atoms with van der Waals surface area (Å²) in [5.74, 6) is -0.286. The van der Waals surface area contributed by atoms with Crippen molar-refractivity contribution in [1.29, 1.82) is 0 Å². The van der Waals surface area contributed by atoms with E-state index in [0.29, 0.717) is 6.42 Å². The van der Waals surface area contributed by atoms with Gasteiger partial charge in [-0.2, -0.15) is 0 Å². The molecule has 7 heteroatoms. The Kier molecular flexibility index (Phi) is 5.61. The van der Waals surface area contributed by atoms with Crippen molar-refractivity contribution >= 4 is 23.0 Å². The van der Waals surface area contributed by atoms with Crippen molar-refractivity contribution < 1.29 is 9.72 Å². The minimum absolute atomic E-state index is 0.0195. The first-order chi connectivity index (χ1) is 14.4. The van der Waals surface area contributed by atoms with E-state index in [-0.39, 0.29) is 23.6 Å². The molecule has 0 spiro atoms. The highest BCUT2D eigenvalue weighted by molar-refractivity contribution is 5.87. The van der Waals surface area contributed by atoms with Gasteiger partial charge in [0.05, 0.1) is 16.9 Å². The van der Waals surface area contributed by atoms with E-state index >= 15 is 0 Å². The number of benzene rings is 2. The summed E-state index contributed by atoms with van der Waals surface area (Å²) in [5, 5.41) is 14.8. The van der Waals surface area contributed by atoms with Gasteiger partial charge in [-0.3, -0.25) is 14.9 Å². The van der Waals surface area contributed by atoms with E-state index in [1.54, 1.807) is 12.1 Å². The number of nitrogens with zero attached hydrogens (tertiary/aromatic N) is 3. The Balaban J connectivity index is 1.68. The molecule has 2 aromatic rings. The van der Waals surface area contributed by atoms with Gasteiger partial charge in [-0.25, -0.2) is 0 Å². The first kappa shape index (κ1) is 20.2. The van der Waals surface area contributed by atoms with Crippen LogP contribution in [0, 0.1) is 10.1 Å². The Labute approximate surface area is 176 Å². The van der Waals surface area contributed by atoms with Crippen molar-refractivity contribution in [3.05, 3.63) is 63.7 Å². The van der Waals surface area contributed by atoms with Crippen LogP contribution >= 0.6 is 0 Å². The van der Waals surface area contributed by atoms with E-state index < -0.39 is 4.92 Å². The van der Waals surface area contributed by atoms with E-state index in [1.165, 1.54) is 6.07 Å². The molecule has 1 fully saturated rings. The highest BCUT2D eigenvalue weighted by Crippen LogP contribution is 2.43. The number of piperidine rings is 1. The molecule has 0 aromatic heterocycles. The van der Waals surface area contributed by atoms with E-state index in [1.807, 2.05) is 19.0 Å². The van der Waals surface area contributed by atoms with Crippen molar-refractivity contribution in [1.82, 2.24) is 4.90 Å². The number of anilines is 2. The standard InChI is InChI=1S/C23H28N4O3/c1-25(2)17-8-6-16(7-9-17)22-15-20(23(28)26-12-4-3-5-13-26)19-14-18(27(29)30)10-11-21(19)24-22/h6-11,14,20,22,24H,3-5,12-13,15H2,1-2H3. The number of nitro benzene ring substituents is 1. The molecular formula is C23H28N4O3. The topological polar surface area (TPSA) is 78.7 Å². The van der Waals surface area contributed by atoms with E-state index in [9.17, 15) is 14.9 Å². The number of carbonyl (C=O) groups excluding carboxylic acids is 1. The summed E-state index contributed by atoms with van der Waals surface area (Å²) in [7, 11) is 4.01. The normalized spacial score (nSPS) is 20.8. The van der Waals surface area contributed by atoms with Crippen LogP contribution in [0.2, 0.25) is 0 Å². The maximum absolute atomic E-state index is 13.4. The summed E-state index contributed by atoms with van der Waals surface area (Å²) in [5.41, 5.74) is 3.80. The van der Waals surface area contributed by atoms with Crippen molar-refractivity contribution in [2.24, 2.45) is 0 Å². The molecule has 0 saturated carbocycles. The maximum Gasteiger partial charge on any atom is 0.269 e. The number of likely N-dealkylation sites (tertiary alicyclic amines) is 1. The third kappa shape index (κ3) is 3.97. The van der Waals surface area contributed by atoms with Crippen molar-refractivity contribution in [2.45, 2.75) is 37.6 Å². The molecule has 2 aliphatic rings. The van der Waals surface area contributed by atoms with Gasteiger partial charge in [0.1, 0.15) is 0 Å². The van der Waals surface area contributed by atoms with Crippen LogP contribution in [0.1, 0.15) is 48.8 Å². The van der Waals surface area contributed by atoms with Gasteiger partial charge < -0.3 is 15.1 Å². The zero-order valence-corrected chi connectivity index (χ0v) is 17.5. The lowest BCUT2D eigenvalue weighted by molar-refractivity contribution is -0.384. The van der Waals surface area contributed by atoms with Crippen LogP contribution in [-0.4, -0.2) is 42.9 Å². The zero-order valence-electron chi connectivity index (χ0n) is 17.5. The molecule has 1 N–H and O–H groups in total. The van der Waals surface area contributed by atoms with Gasteiger partial charge >= 0.3 is 0 Å². The smallest absolute Gasteiger partial charge is 0.269 e. The van der Waals surface area contributed by atoms with E-state index in [0.717, 1.165) is 54.9 Å². The van der Waals surface area contributed by atoms with Gasteiger partial charge in [0, 0.05) is 50.7 Å². The Hall–Kier alpha value is -3.09. The summed E-state index contributed by atoms with van der Waals surface area (Å²) >= 11 is 0. The maximum atomic E-state index is 13.4. The van der Waals surface area contributed by atoms with Crippen LogP contribution < -0.4 is 10.2 Å². The second kappa shape index (κ2) is 8.34. The monoisotopic (exact) mass is 408 g/mol.